The van der Waals surface area contributed by atoms with Gasteiger partial charge in [0.15, 0.2) is 6.10 Å². The van der Waals surface area contributed by atoms with E-state index in [-0.39, 0.29) is 0 Å². The Balaban J connectivity index is 2.40. The van der Waals surface area contributed by atoms with Crippen LogP contribution in [0.3, 0.4) is 0 Å². The van der Waals surface area contributed by atoms with Crippen LogP contribution < -0.4 is 0 Å². The van der Waals surface area contributed by atoms with Crippen molar-refractivity contribution < 1.29 is 12.6 Å². The smallest absolute Gasteiger partial charge is 0.240 e. The lowest BCUT2D eigenvalue weighted by Crippen LogP contribution is -2.05. The van der Waals surface area contributed by atoms with Gasteiger partial charge in [-0.15, -0.1) is 0 Å². The fraction of sp³-hybridized carbons (Fsp3) is 0.500. The maximum Gasteiger partial charge on any atom is 0.266 e. The summed E-state index contributed by atoms with van der Waals surface area (Å²) in [5.74, 6) is 4.88. The van der Waals surface area contributed by atoms with Gasteiger partial charge in [-0.2, -0.15) is 8.42 Å². The van der Waals surface area contributed by atoms with Gasteiger partial charge in [0, 0.05) is 0 Å². The average Bonchev–Trinajstić information content (AvgIpc) is 2.12. The summed E-state index contributed by atoms with van der Waals surface area (Å²) in [6.45, 7) is 0. The lowest BCUT2D eigenvalue weighted by atomic mass is 10.7. The minimum absolute atomic E-state index is 0.495. The maximum atomic E-state index is 10.2. The molecular formula is C4H4O3S. The number of hydrogen-bond donors (Lipinski definition) is 0. The zero-order valence-electron chi connectivity index (χ0n) is 4.21. The van der Waals surface area contributed by atoms with Crippen LogP contribution in [0.25, 0.3) is 0 Å². The van der Waals surface area contributed by atoms with Crippen LogP contribution in [-0.4, -0.2) is 20.8 Å². The normalized spacial score (nSPS) is 17.1. The molecule has 0 spiro atoms. The topological polar surface area (TPSA) is 43.4 Å². The van der Waals surface area contributed by atoms with Crippen LogP contribution in [0.1, 0.15) is 0 Å². The number of hydrogen-bond acceptors (Lipinski definition) is 3. The van der Waals surface area contributed by atoms with Crippen molar-refractivity contribution in [1.82, 2.24) is 0 Å². The molecule has 0 atom stereocenters. The Morgan fingerprint density at radius 2 is 2.00 bits per heavy atom. The molecule has 0 saturated carbocycles. The molecule has 0 aromatic carbocycles. The van der Waals surface area contributed by atoms with Crippen molar-refractivity contribution in [3.63, 3.8) is 0 Å². The number of rotatable bonds is 2. The highest BCUT2D eigenvalue weighted by Gasteiger charge is 2.16. The van der Waals surface area contributed by atoms with Gasteiger partial charge < -0.3 is 0 Å². The molecule has 0 unspecified atom stereocenters. The predicted molar refractivity (Wildman–Crippen MR) is 27.5 cm³/mol. The molecule has 0 heterocycles. The summed E-state index contributed by atoms with van der Waals surface area (Å²) in [6, 6.07) is 0. The molecule has 8 heavy (non-hydrogen) atoms. The quantitative estimate of drug-likeness (QED) is 0.370. The van der Waals surface area contributed by atoms with Crippen LogP contribution in [-0.2, 0) is 14.3 Å². The lowest BCUT2D eigenvalue weighted by Gasteiger charge is -1.92. The second kappa shape index (κ2) is 1.47. The van der Waals surface area contributed by atoms with Crippen molar-refractivity contribution in [1.29, 1.82) is 0 Å². The van der Waals surface area contributed by atoms with E-state index in [0.717, 1.165) is 6.26 Å². The second-order valence-electron chi connectivity index (χ2n) is 1.47. The van der Waals surface area contributed by atoms with E-state index in [1.807, 2.05) is 0 Å². The monoisotopic (exact) mass is 132 g/mol. The van der Waals surface area contributed by atoms with Crippen molar-refractivity contribution >= 4 is 10.1 Å². The van der Waals surface area contributed by atoms with Gasteiger partial charge in [-0.1, -0.05) is 11.8 Å². The fourth-order valence-electron chi connectivity index (χ4n) is 0.257. The van der Waals surface area contributed by atoms with E-state index in [0.29, 0.717) is 0 Å². The molecule has 4 heteroatoms. The first-order valence-electron chi connectivity index (χ1n) is 1.97. The van der Waals surface area contributed by atoms with Crippen LogP contribution in [0.5, 0.6) is 0 Å². The summed E-state index contributed by atoms with van der Waals surface area (Å²) < 4.78 is 24.7. The highest BCUT2D eigenvalue weighted by Crippen LogP contribution is 2.02. The summed E-state index contributed by atoms with van der Waals surface area (Å²) in [5, 5.41) is 0. The molecule has 1 rings (SSSR count). The molecule has 44 valence electrons. The molecule has 0 aromatic rings. The van der Waals surface area contributed by atoms with Gasteiger partial charge in [0.25, 0.3) is 10.1 Å². The average molecular weight is 132 g/mol. The minimum Gasteiger partial charge on any atom is -0.240 e. The van der Waals surface area contributed by atoms with E-state index >= 15 is 0 Å². The molecule has 0 N–H and O–H groups in total. The Hall–Kier alpha value is -0.530. The van der Waals surface area contributed by atoms with Crippen molar-refractivity contribution in [2.24, 2.45) is 0 Å². The van der Waals surface area contributed by atoms with Crippen molar-refractivity contribution in [3.05, 3.63) is 0 Å². The van der Waals surface area contributed by atoms with Gasteiger partial charge in [-0.3, -0.25) is 0 Å². The van der Waals surface area contributed by atoms with Crippen molar-refractivity contribution in [2.75, 3.05) is 6.26 Å². The summed E-state index contributed by atoms with van der Waals surface area (Å²) in [5.41, 5.74) is 0. The first-order chi connectivity index (χ1) is 3.58. The second-order valence-corrected chi connectivity index (χ2v) is 3.07. The van der Waals surface area contributed by atoms with Crippen LogP contribution in [0.15, 0.2) is 0 Å². The summed E-state index contributed by atoms with van der Waals surface area (Å²) in [7, 11) is -3.29. The molecule has 0 saturated heterocycles. The van der Waals surface area contributed by atoms with E-state index in [9.17, 15) is 8.42 Å². The molecule has 0 aliphatic heterocycles. The standard InChI is InChI=1S/C4H4O3S/c1-8(5,6)7-4-2-3-4/h4H,1H3. The Morgan fingerprint density at radius 3 is 2.12 bits per heavy atom. The van der Waals surface area contributed by atoms with Gasteiger partial charge in [-0.25, -0.2) is 4.18 Å². The largest absolute Gasteiger partial charge is 0.266 e. The molecule has 0 bridgehead atoms. The minimum atomic E-state index is -3.29. The maximum absolute atomic E-state index is 10.2. The summed E-state index contributed by atoms with van der Waals surface area (Å²) in [4.78, 5) is 0. The van der Waals surface area contributed by atoms with Gasteiger partial charge in [0.1, 0.15) is 0 Å². The molecule has 1 aliphatic carbocycles. The lowest BCUT2D eigenvalue weighted by molar-refractivity contribution is 0.335. The van der Waals surface area contributed by atoms with Crippen LogP contribution in [0.2, 0.25) is 0 Å². The molecule has 3 nitrogen and oxygen atoms in total. The first-order valence-corrected chi connectivity index (χ1v) is 3.79. The Kier molecular flexibility index (Phi) is 1.03. The zero-order valence-corrected chi connectivity index (χ0v) is 5.03. The van der Waals surface area contributed by atoms with Crippen LogP contribution in [0, 0.1) is 11.8 Å². The van der Waals surface area contributed by atoms with E-state index in [1.165, 1.54) is 0 Å². The molecule has 1 aliphatic rings. The van der Waals surface area contributed by atoms with Crippen molar-refractivity contribution in [2.45, 2.75) is 6.10 Å². The summed E-state index contributed by atoms with van der Waals surface area (Å²) in [6.07, 6.45) is 0.499. The van der Waals surface area contributed by atoms with Crippen molar-refractivity contribution in [3.8, 4) is 11.8 Å². The fourth-order valence-corrected chi connectivity index (χ4v) is 0.703. The third-order valence-corrected chi connectivity index (χ3v) is 1.08. The van der Waals surface area contributed by atoms with Gasteiger partial charge in [0.2, 0.25) is 0 Å². The highest BCUT2D eigenvalue weighted by molar-refractivity contribution is 7.86. The first kappa shape index (κ1) is 5.60. The molecule has 0 amide bonds. The molecule has 0 fully saturated rings. The third kappa shape index (κ3) is 1.96. The Bertz CT molecular complexity index is 232. The highest BCUT2D eigenvalue weighted by atomic mass is 32.2. The van der Waals surface area contributed by atoms with E-state index < -0.39 is 16.2 Å². The SMILES string of the molecule is CS(=O)(=O)OC1C#C1. The molecule has 0 radical (unpaired) electrons. The Labute approximate surface area is 47.8 Å². The van der Waals surface area contributed by atoms with Gasteiger partial charge in [-0.05, 0) is 0 Å². The van der Waals surface area contributed by atoms with Crippen LogP contribution >= 0.6 is 0 Å². The van der Waals surface area contributed by atoms with Gasteiger partial charge >= 0.3 is 0 Å². The van der Waals surface area contributed by atoms with E-state index in [4.69, 9.17) is 0 Å². The summed E-state index contributed by atoms with van der Waals surface area (Å²) >= 11 is 0. The van der Waals surface area contributed by atoms with Gasteiger partial charge in [0.05, 0.1) is 6.26 Å². The van der Waals surface area contributed by atoms with E-state index in [2.05, 4.69) is 16.0 Å². The molecular weight excluding hydrogens is 128 g/mol. The zero-order chi connectivity index (χ0) is 6.20. The molecule has 0 aromatic heterocycles. The Morgan fingerprint density at radius 1 is 1.50 bits per heavy atom. The third-order valence-electron chi connectivity index (χ3n) is 0.533. The van der Waals surface area contributed by atoms with Crippen LogP contribution in [0.4, 0.5) is 0 Å². The predicted octanol–water partition coefficient (Wildman–Crippen LogP) is -0.652. The van der Waals surface area contributed by atoms with E-state index in [1.54, 1.807) is 0 Å².